The number of likely N-dealkylation sites (tertiary alicyclic amines) is 1. The second-order valence-electron chi connectivity index (χ2n) is 9.88. The first kappa shape index (κ1) is 21.6. The summed E-state index contributed by atoms with van der Waals surface area (Å²) in [6.45, 7) is 4.16. The number of aromatic nitrogens is 1. The van der Waals surface area contributed by atoms with Gasteiger partial charge in [0.25, 0.3) is 5.88 Å². The van der Waals surface area contributed by atoms with Crippen molar-refractivity contribution in [2.24, 2.45) is 17.3 Å². The number of piperidine rings is 1. The summed E-state index contributed by atoms with van der Waals surface area (Å²) in [6, 6.07) is 5.81. The third kappa shape index (κ3) is 4.32. The number of rotatable bonds is 9. The predicted molar refractivity (Wildman–Crippen MR) is 120 cm³/mol. The number of hydrogen-bond donors (Lipinski definition) is 0. The summed E-state index contributed by atoms with van der Waals surface area (Å²) in [4.78, 5) is 14.7. The van der Waals surface area contributed by atoms with Crippen LogP contribution >= 0.6 is 0 Å². The van der Waals surface area contributed by atoms with E-state index in [0.29, 0.717) is 29.9 Å². The smallest absolute Gasteiger partial charge is 0.313 e. The Hall–Kier alpha value is -2.28. The van der Waals surface area contributed by atoms with Crippen molar-refractivity contribution in [3.63, 3.8) is 0 Å². The molecule has 174 valence electrons. The Bertz CT molecular complexity index is 926. The van der Waals surface area contributed by atoms with Gasteiger partial charge in [-0.05, 0) is 80.7 Å². The van der Waals surface area contributed by atoms with Gasteiger partial charge in [-0.15, -0.1) is 0 Å². The van der Waals surface area contributed by atoms with E-state index in [1.807, 2.05) is 18.2 Å². The monoisotopic (exact) mass is 442 g/mol. The molecule has 3 aliphatic rings. The molecule has 5 rings (SSSR count). The van der Waals surface area contributed by atoms with E-state index >= 15 is 0 Å². The molecule has 0 unspecified atom stereocenters. The molecule has 2 saturated carbocycles. The summed E-state index contributed by atoms with van der Waals surface area (Å²) in [5.41, 5.74) is 0.433. The first-order chi connectivity index (χ1) is 15.7. The number of methoxy groups -OCH3 is 1. The molecule has 1 aliphatic heterocycles. The second kappa shape index (κ2) is 9.30. The van der Waals surface area contributed by atoms with Crippen molar-refractivity contribution >= 4 is 16.9 Å². The highest BCUT2D eigenvalue weighted by molar-refractivity contribution is 5.88. The zero-order valence-corrected chi connectivity index (χ0v) is 19.0. The summed E-state index contributed by atoms with van der Waals surface area (Å²) >= 11 is 0. The molecule has 0 amide bonds. The van der Waals surface area contributed by atoms with Gasteiger partial charge in [-0.2, -0.15) is 0 Å². The lowest BCUT2D eigenvalue weighted by Crippen LogP contribution is -2.50. The van der Waals surface area contributed by atoms with Gasteiger partial charge < -0.3 is 23.6 Å². The third-order valence-electron chi connectivity index (χ3n) is 7.75. The van der Waals surface area contributed by atoms with Gasteiger partial charge in [-0.3, -0.25) is 4.79 Å². The molecule has 0 bridgehead atoms. The van der Waals surface area contributed by atoms with Gasteiger partial charge in [-0.25, -0.2) is 0 Å². The average Bonchev–Trinajstić information content (AvgIpc) is 3.18. The Labute approximate surface area is 189 Å². The van der Waals surface area contributed by atoms with E-state index in [1.165, 1.54) is 26.4 Å². The number of hydrogen-bond acceptors (Lipinski definition) is 7. The Morgan fingerprint density at radius 2 is 1.84 bits per heavy atom. The molecule has 2 heterocycles. The van der Waals surface area contributed by atoms with Crippen LogP contribution in [0.3, 0.4) is 0 Å². The molecule has 0 atom stereocenters. The zero-order chi connectivity index (χ0) is 22.0. The van der Waals surface area contributed by atoms with E-state index in [4.69, 9.17) is 18.7 Å². The van der Waals surface area contributed by atoms with Gasteiger partial charge in [0.1, 0.15) is 11.1 Å². The zero-order valence-electron chi connectivity index (χ0n) is 19.0. The number of carbonyl (C=O) groups is 1. The van der Waals surface area contributed by atoms with Gasteiger partial charge in [0, 0.05) is 6.54 Å². The SMILES string of the molecule is COC(=O)C1(CN2CCC(COc3noc4cccc(OCC5CCC5)c34)CC2)CCC1. The first-order valence-electron chi connectivity index (χ1n) is 12.1. The van der Waals surface area contributed by atoms with Crippen molar-refractivity contribution in [3.05, 3.63) is 18.2 Å². The minimum Gasteiger partial charge on any atom is -0.492 e. The van der Waals surface area contributed by atoms with E-state index in [9.17, 15) is 4.79 Å². The molecule has 0 spiro atoms. The number of ether oxygens (including phenoxy) is 3. The van der Waals surface area contributed by atoms with E-state index in [1.54, 1.807) is 0 Å². The van der Waals surface area contributed by atoms with Gasteiger partial charge in [0.2, 0.25) is 0 Å². The van der Waals surface area contributed by atoms with Crippen LogP contribution in [0.5, 0.6) is 11.6 Å². The topological polar surface area (TPSA) is 74.0 Å². The van der Waals surface area contributed by atoms with E-state index in [2.05, 4.69) is 10.1 Å². The molecular weight excluding hydrogens is 408 g/mol. The summed E-state index contributed by atoms with van der Waals surface area (Å²) < 4.78 is 22.8. The van der Waals surface area contributed by atoms with Crippen LogP contribution in [0.1, 0.15) is 51.4 Å². The quantitative estimate of drug-likeness (QED) is 0.532. The fourth-order valence-corrected chi connectivity index (χ4v) is 5.20. The number of fused-ring (bicyclic) bond motifs is 1. The minimum absolute atomic E-state index is 0.0394. The summed E-state index contributed by atoms with van der Waals surface area (Å²) in [6.07, 6.45) is 8.95. The van der Waals surface area contributed by atoms with Crippen LogP contribution in [-0.2, 0) is 9.53 Å². The molecule has 2 aliphatic carbocycles. The maximum Gasteiger partial charge on any atom is 0.313 e. The highest BCUT2D eigenvalue weighted by atomic mass is 16.5. The van der Waals surface area contributed by atoms with Crippen molar-refractivity contribution in [1.82, 2.24) is 10.1 Å². The van der Waals surface area contributed by atoms with Gasteiger partial charge in [0.15, 0.2) is 5.58 Å². The van der Waals surface area contributed by atoms with Gasteiger partial charge >= 0.3 is 5.97 Å². The van der Waals surface area contributed by atoms with Crippen molar-refractivity contribution in [2.75, 3.05) is 40.0 Å². The minimum atomic E-state index is -0.270. The van der Waals surface area contributed by atoms with Gasteiger partial charge in [-0.1, -0.05) is 18.9 Å². The molecule has 1 aromatic heterocycles. The van der Waals surface area contributed by atoms with Crippen LogP contribution in [0, 0.1) is 17.3 Å². The summed E-state index contributed by atoms with van der Waals surface area (Å²) in [5.74, 6) is 2.43. The first-order valence-corrected chi connectivity index (χ1v) is 12.1. The maximum atomic E-state index is 12.2. The predicted octanol–water partition coefficient (Wildman–Crippen LogP) is 4.44. The lowest BCUT2D eigenvalue weighted by molar-refractivity contribution is -0.160. The van der Waals surface area contributed by atoms with Crippen molar-refractivity contribution in [3.8, 4) is 11.6 Å². The molecular formula is C25H34N2O5. The molecule has 1 saturated heterocycles. The average molecular weight is 443 g/mol. The Morgan fingerprint density at radius 3 is 2.50 bits per heavy atom. The molecule has 1 aromatic carbocycles. The van der Waals surface area contributed by atoms with Crippen LogP contribution in [0.2, 0.25) is 0 Å². The van der Waals surface area contributed by atoms with E-state index < -0.39 is 0 Å². The van der Waals surface area contributed by atoms with Crippen LogP contribution in [-0.4, -0.2) is 56.0 Å². The number of nitrogens with zero attached hydrogens (tertiary/aromatic N) is 2. The molecule has 3 fully saturated rings. The molecule has 0 N–H and O–H groups in total. The van der Waals surface area contributed by atoms with Crippen LogP contribution in [0.25, 0.3) is 11.0 Å². The summed E-state index contributed by atoms with van der Waals surface area (Å²) in [7, 11) is 1.50. The highest BCUT2D eigenvalue weighted by Gasteiger charge is 2.46. The third-order valence-corrected chi connectivity index (χ3v) is 7.75. The van der Waals surface area contributed by atoms with Crippen molar-refractivity contribution in [2.45, 2.75) is 51.4 Å². The van der Waals surface area contributed by atoms with Crippen LogP contribution in [0.4, 0.5) is 0 Å². The Kier molecular flexibility index (Phi) is 6.26. The van der Waals surface area contributed by atoms with E-state index in [0.717, 1.165) is 69.5 Å². The Balaban J connectivity index is 1.14. The fraction of sp³-hybridized carbons (Fsp3) is 0.680. The number of carbonyl (C=O) groups excluding carboxylic acids is 1. The van der Waals surface area contributed by atoms with Crippen molar-refractivity contribution < 1.29 is 23.5 Å². The fourth-order valence-electron chi connectivity index (χ4n) is 5.20. The van der Waals surface area contributed by atoms with Crippen molar-refractivity contribution in [1.29, 1.82) is 0 Å². The second-order valence-corrected chi connectivity index (χ2v) is 9.88. The standard InChI is InChI=1S/C25H34N2O5/c1-29-24(28)25(11-4-12-25)17-27-13-9-19(10-14-27)16-31-23-22-20(30-15-18-5-2-6-18)7-3-8-21(22)32-26-23/h3,7-8,18-19H,2,4-6,9-17H2,1H3. The Morgan fingerprint density at radius 1 is 1.09 bits per heavy atom. The largest absolute Gasteiger partial charge is 0.492 e. The summed E-state index contributed by atoms with van der Waals surface area (Å²) in [5, 5.41) is 5.02. The molecule has 32 heavy (non-hydrogen) atoms. The van der Waals surface area contributed by atoms with E-state index in [-0.39, 0.29) is 11.4 Å². The molecule has 2 aromatic rings. The van der Waals surface area contributed by atoms with Crippen LogP contribution < -0.4 is 9.47 Å². The number of esters is 1. The van der Waals surface area contributed by atoms with Crippen LogP contribution in [0.15, 0.2) is 22.7 Å². The normalized spacial score (nSPS) is 21.7. The highest BCUT2D eigenvalue weighted by Crippen LogP contribution is 2.43. The molecule has 7 heteroatoms. The molecule has 0 radical (unpaired) electrons. The molecule has 7 nitrogen and oxygen atoms in total. The number of benzene rings is 1. The lowest BCUT2D eigenvalue weighted by Gasteiger charge is -2.44. The lowest BCUT2D eigenvalue weighted by atomic mass is 9.68. The van der Waals surface area contributed by atoms with Gasteiger partial charge in [0.05, 0.1) is 25.7 Å². The maximum absolute atomic E-state index is 12.2.